The molecule has 0 saturated heterocycles. The SMILES string of the molecule is CCCCC(CC)COc1ccc(-c2nc(-c3cccc4ccccc34)nc(-c3cccc4ccccc34)n2)c(O)c1.CCCCCCOc1ccc(-c2nc(-c3ccc(OCCCCCC)c4ccccc34)nc(-c3ccc(OCCCCCC)c4ccccc34)n2)c(O)c1.CCCCCCOc1ccc(-c2nc(-c3cccc4ccccc34)nc(-c3cccc4ccccc34)n2)c(O)c1. The van der Waals surface area contributed by atoms with E-state index in [0.29, 0.717) is 125 Å². The fraction of sp³-hybridized carbons (Fsp3) is 0.269. The molecule has 3 heterocycles. The van der Waals surface area contributed by atoms with Gasteiger partial charge in [-0.2, -0.15) is 0 Å². The number of phenolic OH excluding ortho intramolecular Hbond substituents is 3. The topological polar surface area (TPSA) is 223 Å². The molecule has 18 aromatic rings. The number of fused-ring (bicyclic) bond motifs is 6. The lowest BCUT2D eigenvalue weighted by Crippen LogP contribution is -2.11. The highest BCUT2D eigenvalue weighted by molar-refractivity contribution is 6.03. The quantitative estimate of drug-likeness (QED) is 0.0304. The summed E-state index contributed by atoms with van der Waals surface area (Å²) in [5, 5.41) is 46.3. The summed E-state index contributed by atoms with van der Waals surface area (Å²) in [6.45, 7) is 16.4. The molecule has 1 atom stereocenters. The first kappa shape index (κ1) is 94.5. The third-order valence-electron chi connectivity index (χ3n) is 25.0. The molecular weight excluding hydrogens is 1680 g/mol. The lowest BCUT2D eigenvalue weighted by Gasteiger charge is -2.16. The van der Waals surface area contributed by atoms with Crippen molar-refractivity contribution in [1.82, 2.24) is 44.9 Å². The molecule has 0 aliphatic carbocycles. The highest BCUT2D eigenvalue weighted by Crippen LogP contribution is 2.43. The van der Waals surface area contributed by atoms with Crippen LogP contribution in [0.4, 0.5) is 0 Å². The average molecular weight is 1810 g/mol. The zero-order valence-corrected chi connectivity index (χ0v) is 79.0. The normalized spacial score (nSPS) is 11.5. The second-order valence-corrected chi connectivity index (χ2v) is 34.7. The van der Waals surface area contributed by atoms with Gasteiger partial charge in [-0.1, -0.05) is 356 Å². The summed E-state index contributed by atoms with van der Waals surface area (Å²) in [5.74, 6) is 8.74. The van der Waals surface area contributed by atoms with Crippen LogP contribution in [0.5, 0.6) is 46.0 Å². The Labute approximate surface area is 798 Å². The minimum atomic E-state index is 0.0533. The van der Waals surface area contributed by atoms with E-state index in [2.05, 4.69) is 139 Å². The second-order valence-electron chi connectivity index (χ2n) is 34.7. The molecule has 0 aliphatic heterocycles. The van der Waals surface area contributed by atoms with Crippen LogP contribution < -0.4 is 23.7 Å². The van der Waals surface area contributed by atoms with Crippen LogP contribution in [0, 0.1) is 5.92 Å². The Morgan fingerprint density at radius 1 is 0.213 bits per heavy atom. The number of rotatable bonds is 40. The maximum Gasteiger partial charge on any atom is 0.167 e. The Morgan fingerprint density at radius 3 is 0.743 bits per heavy atom. The number of aromatic hydroxyl groups is 3. The second kappa shape index (κ2) is 47.3. The number of ether oxygens (including phenoxy) is 5. The molecule has 136 heavy (non-hydrogen) atoms. The van der Waals surface area contributed by atoms with Gasteiger partial charge in [0.2, 0.25) is 0 Å². The van der Waals surface area contributed by atoms with Gasteiger partial charge in [0.05, 0.1) is 49.7 Å². The molecule has 3 N–H and O–H groups in total. The minimum Gasteiger partial charge on any atom is -0.507 e. The first-order valence-electron chi connectivity index (χ1n) is 48.9. The summed E-state index contributed by atoms with van der Waals surface area (Å²) < 4.78 is 30.6. The molecule has 0 radical (unpaired) electrons. The van der Waals surface area contributed by atoms with E-state index in [1.807, 2.05) is 182 Å². The third kappa shape index (κ3) is 23.4. The molecule has 17 heteroatoms. The molecule has 18 rings (SSSR count). The van der Waals surface area contributed by atoms with Crippen LogP contribution in [0.15, 0.2) is 297 Å². The smallest absolute Gasteiger partial charge is 0.167 e. The Morgan fingerprint density at radius 2 is 0.456 bits per heavy atom. The lowest BCUT2D eigenvalue weighted by molar-refractivity contribution is 0.232. The van der Waals surface area contributed by atoms with Crippen molar-refractivity contribution in [2.45, 2.75) is 170 Å². The molecule has 690 valence electrons. The van der Waals surface area contributed by atoms with E-state index in [1.165, 1.54) is 64.2 Å². The van der Waals surface area contributed by atoms with E-state index in [0.717, 1.165) is 174 Å². The van der Waals surface area contributed by atoms with E-state index in [1.54, 1.807) is 18.2 Å². The number of unbranched alkanes of at least 4 members (excludes halogenated alkanes) is 13. The van der Waals surface area contributed by atoms with Gasteiger partial charge >= 0.3 is 0 Å². The fourth-order valence-corrected chi connectivity index (χ4v) is 17.4. The Balaban J connectivity index is 0.000000150. The van der Waals surface area contributed by atoms with Crippen molar-refractivity contribution < 1.29 is 39.0 Å². The number of hydrogen-bond acceptors (Lipinski definition) is 17. The van der Waals surface area contributed by atoms with Gasteiger partial charge in [-0.05, 0) is 153 Å². The van der Waals surface area contributed by atoms with Gasteiger partial charge in [0.15, 0.2) is 52.4 Å². The zero-order valence-electron chi connectivity index (χ0n) is 79.0. The maximum absolute atomic E-state index is 11.4. The van der Waals surface area contributed by atoms with Gasteiger partial charge < -0.3 is 39.0 Å². The van der Waals surface area contributed by atoms with Crippen molar-refractivity contribution in [3.05, 3.63) is 297 Å². The van der Waals surface area contributed by atoms with Crippen molar-refractivity contribution in [3.63, 3.8) is 0 Å². The van der Waals surface area contributed by atoms with Gasteiger partial charge in [0, 0.05) is 62.4 Å². The predicted molar refractivity (Wildman–Crippen MR) is 556 cm³/mol. The van der Waals surface area contributed by atoms with Gasteiger partial charge in [0.25, 0.3) is 0 Å². The van der Waals surface area contributed by atoms with Crippen LogP contribution in [-0.4, -0.2) is 93.2 Å². The molecule has 15 aromatic carbocycles. The Kier molecular flexibility index (Phi) is 32.8. The molecule has 3 aromatic heterocycles. The predicted octanol–water partition coefficient (Wildman–Crippen LogP) is 31.1. The number of hydrogen-bond donors (Lipinski definition) is 3. The fourth-order valence-electron chi connectivity index (χ4n) is 17.4. The van der Waals surface area contributed by atoms with E-state index in [4.69, 9.17) is 68.5 Å². The maximum atomic E-state index is 11.4. The minimum absolute atomic E-state index is 0.0533. The molecule has 1 unspecified atom stereocenters. The van der Waals surface area contributed by atoms with Gasteiger partial charge in [0.1, 0.15) is 46.0 Å². The zero-order chi connectivity index (χ0) is 93.7. The van der Waals surface area contributed by atoms with Crippen molar-refractivity contribution in [1.29, 1.82) is 0 Å². The number of benzene rings is 15. The van der Waals surface area contributed by atoms with Crippen LogP contribution in [-0.2, 0) is 0 Å². The van der Waals surface area contributed by atoms with Crippen LogP contribution in [0.25, 0.3) is 167 Å². The van der Waals surface area contributed by atoms with Crippen LogP contribution in [0.1, 0.15) is 170 Å². The number of nitrogens with zero attached hydrogens (tertiary/aromatic N) is 9. The molecule has 0 fully saturated rings. The molecule has 0 amide bonds. The summed E-state index contributed by atoms with van der Waals surface area (Å²) in [6.07, 6.45) is 22.7. The standard InChI is InChI=1S/C47H55N3O4.C37H35N3O2.C35H31N3O2/c1-4-7-10-17-30-52-34-24-25-41(42(51)33-34)47-49-45(39-26-28-43(53-31-18-11-8-5-2)37-22-15-13-20-35(37)39)48-46(50-47)40-27-29-44(54-32-19-12-9-6-3)38-23-16-14-21-36(38)40;1-3-5-12-25(4-2)24-42-28-21-22-33(34(41)23-28)37-39-35(31-19-10-15-26-13-6-8-17-29(26)31)38-36(40-37)32-20-11-16-27-14-7-9-18-30(27)32;1-2-3-4-9-22-40-26-20-21-31(32(39)23-26)35-37-33(29-18-10-14-24-12-5-7-16-27(24)29)36-34(38-35)30-19-11-15-25-13-6-8-17-28(25)30/h13-16,20-29,33,51H,4-12,17-19,30-32H2,1-3H3;6-11,13-23,25,41H,3-5,12,24H2,1-2H3;5-8,10-21,23,39H,2-4,9,22H2,1H3. The van der Waals surface area contributed by atoms with E-state index >= 15 is 0 Å². The average Bonchev–Trinajstić information content (AvgIpc) is 0.766. The largest absolute Gasteiger partial charge is 0.507 e. The van der Waals surface area contributed by atoms with Gasteiger partial charge in [-0.25, -0.2) is 44.9 Å². The summed E-state index contributed by atoms with van der Waals surface area (Å²) >= 11 is 0. The summed E-state index contributed by atoms with van der Waals surface area (Å²) in [4.78, 5) is 44.8. The molecule has 0 aliphatic rings. The third-order valence-corrected chi connectivity index (χ3v) is 25.0. The molecule has 0 saturated carbocycles. The number of phenols is 3. The Hall–Kier alpha value is -14.7. The summed E-state index contributed by atoms with van der Waals surface area (Å²) in [6, 6.07) is 98.1. The summed E-state index contributed by atoms with van der Waals surface area (Å²) in [7, 11) is 0. The lowest BCUT2D eigenvalue weighted by atomic mass is 10.0. The van der Waals surface area contributed by atoms with Crippen LogP contribution in [0.2, 0.25) is 0 Å². The summed E-state index contributed by atoms with van der Waals surface area (Å²) in [5.41, 5.74) is 6.93. The highest BCUT2D eigenvalue weighted by atomic mass is 16.5. The van der Waals surface area contributed by atoms with Crippen molar-refractivity contribution >= 4 is 64.6 Å². The monoisotopic (exact) mass is 1800 g/mol. The molecule has 0 bridgehead atoms. The first-order chi connectivity index (χ1) is 67.0. The van der Waals surface area contributed by atoms with Crippen molar-refractivity contribution in [2.24, 2.45) is 5.92 Å². The number of aromatic nitrogens is 9. The highest BCUT2D eigenvalue weighted by Gasteiger charge is 2.25. The Bertz CT molecular complexity index is 6760. The van der Waals surface area contributed by atoms with Gasteiger partial charge in [-0.15, -0.1) is 0 Å². The van der Waals surface area contributed by atoms with Crippen molar-refractivity contribution in [2.75, 3.05) is 33.0 Å². The first-order valence-corrected chi connectivity index (χ1v) is 48.9. The van der Waals surface area contributed by atoms with E-state index in [9.17, 15) is 15.3 Å². The molecule has 17 nitrogen and oxygen atoms in total. The van der Waals surface area contributed by atoms with E-state index < -0.39 is 0 Å². The van der Waals surface area contributed by atoms with Gasteiger partial charge in [-0.3, -0.25) is 0 Å². The van der Waals surface area contributed by atoms with Crippen LogP contribution in [0.3, 0.4) is 0 Å². The van der Waals surface area contributed by atoms with Crippen molar-refractivity contribution in [3.8, 4) is 148 Å². The van der Waals surface area contributed by atoms with E-state index in [-0.39, 0.29) is 17.2 Å². The molecular formula is C119H121N9O8. The molecule has 0 spiro atoms. The van der Waals surface area contributed by atoms with Crippen LogP contribution >= 0.6 is 0 Å².